The second-order valence-electron chi connectivity index (χ2n) is 4.02. The van der Waals surface area contributed by atoms with Crippen molar-refractivity contribution in [2.45, 2.75) is 0 Å². The maximum atomic E-state index is 11.1. The first-order valence-electron chi connectivity index (χ1n) is 5.65. The third-order valence-corrected chi connectivity index (χ3v) is 3.68. The van der Waals surface area contributed by atoms with E-state index in [1.165, 1.54) is 23.2 Å². The van der Waals surface area contributed by atoms with Crippen LogP contribution >= 0.6 is 11.3 Å². The second-order valence-corrected chi connectivity index (χ2v) is 4.97. The largest absolute Gasteiger partial charge is 0.478 e. The molecule has 0 bridgehead atoms. The average Bonchev–Trinajstić information content (AvgIpc) is 2.86. The third kappa shape index (κ3) is 2.28. The molecular formula is C14H10N2O2S. The van der Waals surface area contributed by atoms with Crippen molar-refractivity contribution in [1.29, 1.82) is 0 Å². The highest BCUT2D eigenvalue weighted by Crippen LogP contribution is 2.26. The lowest BCUT2D eigenvalue weighted by atomic mass is 10.2. The molecule has 0 fully saturated rings. The van der Waals surface area contributed by atoms with Crippen LogP contribution < -0.4 is 5.32 Å². The molecule has 19 heavy (non-hydrogen) atoms. The van der Waals surface area contributed by atoms with Gasteiger partial charge in [-0.25, -0.2) is 4.79 Å². The van der Waals surface area contributed by atoms with Gasteiger partial charge in [-0.15, -0.1) is 11.3 Å². The van der Waals surface area contributed by atoms with Gasteiger partial charge in [0.15, 0.2) is 0 Å². The maximum Gasteiger partial charge on any atom is 0.337 e. The van der Waals surface area contributed by atoms with Crippen molar-refractivity contribution in [3.8, 4) is 0 Å². The van der Waals surface area contributed by atoms with E-state index in [1.807, 2.05) is 29.6 Å². The summed E-state index contributed by atoms with van der Waals surface area (Å²) in [6.07, 6.45) is 2.98. The minimum Gasteiger partial charge on any atom is -0.478 e. The van der Waals surface area contributed by atoms with E-state index in [1.54, 1.807) is 11.3 Å². The highest BCUT2D eigenvalue weighted by molar-refractivity contribution is 7.17. The predicted octanol–water partition coefficient (Wildman–Crippen LogP) is 3.74. The van der Waals surface area contributed by atoms with Crippen molar-refractivity contribution in [2.75, 3.05) is 5.32 Å². The molecule has 2 aromatic heterocycles. The van der Waals surface area contributed by atoms with Gasteiger partial charge in [-0.3, -0.25) is 4.98 Å². The molecule has 0 saturated carbocycles. The Morgan fingerprint density at radius 2 is 2.16 bits per heavy atom. The minimum absolute atomic E-state index is 0.209. The Morgan fingerprint density at radius 1 is 1.26 bits per heavy atom. The number of carboxylic acids is 1. The van der Waals surface area contributed by atoms with E-state index in [2.05, 4.69) is 10.3 Å². The van der Waals surface area contributed by atoms with E-state index in [4.69, 9.17) is 5.11 Å². The van der Waals surface area contributed by atoms with E-state index in [0.29, 0.717) is 5.69 Å². The number of fused-ring (bicyclic) bond motifs is 1. The molecule has 0 atom stereocenters. The first-order valence-corrected chi connectivity index (χ1v) is 6.53. The monoisotopic (exact) mass is 270 g/mol. The third-order valence-electron chi connectivity index (χ3n) is 2.78. The Kier molecular flexibility index (Phi) is 2.89. The summed E-state index contributed by atoms with van der Waals surface area (Å²) in [5.41, 5.74) is 1.55. The first kappa shape index (κ1) is 11.7. The predicted molar refractivity (Wildman–Crippen MR) is 76.3 cm³/mol. The van der Waals surface area contributed by atoms with Crippen molar-refractivity contribution < 1.29 is 9.90 Å². The zero-order valence-electron chi connectivity index (χ0n) is 9.83. The van der Waals surface area contributed by atoms with Crippen LogP contribution in [0.4, 0.5) is 11.4 Å². The number of benzene rings is 1. The Balaban J connectivity index is 1.98. The van der Waals surface area contributed by atoms with Crippen LogP contribution in [-0.4, -0.2) is 16.1 Å². The smallest absolute Gasteiger partial charge is 0.337 e. The van der Waals surface area contributed by atoms with Gasteiger partial charge in [0.2, 0.25) is 0 Å². The molecule has 2 heterocycles. The molecule has 0 aliphatic heterocycles. The van der Waals surface area contributed by atoms with Crippen LogP contribution in [0.15, 0.2) is 48.1 Å². The number of hydrogen-bond acceptors (Lipinski definition) is 4. The van der Waals surface area contributed by atoms with Gasteiger partial charge >= 0.3 is 5.97 Å². The van der Waals surface area contributed by atoms with Crippen LogP contribution in [0.3, 0.4) is 0 Å². The van der Waals surface area contributed by atoms with E-state index in [-0.39, 0.29) is 5.56 Å². The number of nitrogens with one attached hydrogen (secondary N) is 1. The number of pyridine rings is 1. The highest BCUT2D eigenvalue weighted by Gasteiger charge is 2.09. The highest BCUT2D eigenvalue weighted by atomic mass is 32.1. The molecule has 94 valence electrons. The quantitative estimate of drug-likeness (QED) is 0.761. The molecule has 0 amide bonds. The molecule has 4 nitrogen and oxygen atoms in total. The van der Waals surface area contributed by atoms with Gasteiger partial charge in [0.05, 0.1) is 17.4 Å². The summed E-state index contributed by atoms with van der Waals surface area (Å²) in [6, 6.07) is 9.45. The van der Waals surface area contributed by atoms with Gasteiger partial charge in [0, 0.05) is 16.6 Å². The molecule has 0 unspecified atom stereocenters. The fraction of sp³-hybridized carbons (Fsp3) is 0. The zero-order valence-corrected chi connectivity index (χ0v) is 10.6. The molecule has 5 heteroatoms. The number of carboxylic acid groups (broad SMARTS) is 1. The Labute approximate surface area is 113 Å². The molecule has 0 saturated heterocycles. The number of aromatic carboxylic acids is 1. The topological polar surface area (TPSA) is 62.2 Å². The summed E-state index contributed by atoms with van der Waals surface area (Å²) < 4.78 is 1.20. The van der Waals surface area contributed by atoms with Crippen molar-refractivity contribution >= 4 is 38.8 Å². The molecule has 3 rings (SSSR count). The molecular weight excluding hydrogens is 260 g/mol. The SMILES string of the molecule is O=C(O)c1ccncc1Nc1ccc2sccc2c1. The summed E-state index contributed by atoms with van der Waals surface area (Å²) in [7, 11) is 0. The second kappa shape index (κ2) is 4.70. The number of hydrogen-bond donors (Lipinski definition) is 2. The summed E-state index contributed by atoms with van der Waals surface area (Å²) in [5, 5.41) is 15.4. The molecule has 1 aromatic carbocycles. The first-order chi connectivity index (χ1) is 9.24. The number of nitrogens with zero attached hydrogens (tertiary/aromatic N) is 1. The molecule has 3 aromatic rings. The molecule has 2 N–H and O–H groups in total. The standard InChI is InChI=1S/C14H10N2O2S/c17-14(18)11-3-5-15-8-12(11)16-10-1-2-13-9(7-10)4-6-19-13/h1-8,16H,(H,17,18). The van der Waals surface area contributed by atoms with Crippen LogP contribution in [0.25, 0.3) is 10.1 Å². The lowest BCUT2D eigenvalue weighted by Gasteiger charge is -2.08. The van der Waals surface area contributed by atoms with Crippen molar-refractivity contribution in [3.05, 3.63) is 53.7 Å². The minimum atomic E-state index is -0.971. The van der Waals surface area contributed by atoms with Crippen molar-refractivity contribution in [3.63, 3.8) is 0 Å². The molecule has 0 radical (unpaired) electrons. The van der Waals surface area contributed by atoms with Crippen LogP contribution in [0, 0.1) is 0 Å². The fourth-order valence-corrected chi connectivity index (χ4v) is 2.65. The zero-order chi connectivity index (χ0) is 13.2. The summed E-state index contributed by atoms with van der Waals surface area (Å²) in [6.45, 7) is 0. The van der Waals surface area contributed by atoms with Gasteiger partial charge in [-0.2, -0.15) is 0 Å². The lowest BCUT2D eigenvalue weighted by molar-refractivity contribution is 0.0698. The number of thiophene rings is 1. The van der Waals surface area contributed by atoms with Gasteiger partial charge in [-0.05, 0) is 41.1 Å². The fourth-order valence-electron chi connectivity index (χ4n) is 1.88. The van der Waals surface area contributed by atoms with E-state index < -0.39 is 5.97 Å². The Hall–Kier alpha value is -2.40. The van der Waals surface area contributed by atoms with Crippen LogP contribution in [0.2, 0.25) is 0 Å². The Morgan fingerprint density at radius 3 is 3.00 bits per heavy atom. The van der Waals surface area contributed by atoms with Crippen LogP contribution in [0.5, 0.6) is 0 Å². The number of anilines is 2. The van der Waals surface area contributed by atoms with Gasteiger partial charge in [0.1, 0.15) is 0 Å². The van der Waals surface area contributed by atoms with Crippen LogP contribution in [-0.2, 0) is 0 Å². The molecule has 0 aliphatic rings. The molecule has 0 spiro atoms. The number of carbonyl (C=O) groups is 1. The summed E-state index contributed by atoms with van der Waals surface area (Å²) in [4.78, 5) is 15.1. The maximum absolute atomic E-state index is 11.1. The molecule has 0 aliphatic carbocycles. The van der Waals surface area contributed by atoms with Gasteiger partial charge in [-0.1, -0.05) is 0 Å². The average molecular weight is 270 g/mol. The summed E-state index contributed by atoms with van der Waals surface area (Å²) >= 11 is 1.68. The van der Waals surface area contributed by atoms with Crippen molar-refractivity contribution in [1.82, 2.24) is 4.98 Å². The summed E-state index contributed by atoms with van der Waals surface area (Å²) in [5.74, 6) is -0.971. The number of rotatable bonds is 3. The Bertz CT molecular complexity index is 752. The van der Waals surface area contributed by atoms with Crippen LogP contribution in [0.1, 0.15) is 10.4 Å². The normalized spacial score (nSPS) is 10.5. The van der Waals surface area contributed by atoms with Gasteiger partial charge in [0.25, 0.3) is 0 Å². The van der Waals surface area contributed by atoms with E-state index in [0.717, 1.165) is 11.1 Å². The lowest BCUT2D eigenvalue weighted by Crippen LogP contribution is -2.02. The van der Waals surface area contributed by atoms with E-state index in [9.17, 15) is 4.79 Å². The number of aromatic nitrogens is 1. The van der Waals surface area contributed by atoms with Crippen molar-refractivity contribution in [2.24, 2.45) is 0 Å². The van der Waals surface area contributed by atoms with E-state index >= 15 is 0 Å². The van der Waals surface area contributed by atoms with Gasteiger partial charge < -0.3 is 10.4 Å².